The van der Waals surface area contributed by atoms with Crippen molar-refractivity contribution in [2.24, 2.45) is 0 Å². The molecule has 6 heteroatoms. The van der Waals surface area contributed by atoms with Gasteiger partial charge in [0.05, 0.1) is 10.6 Å². The van der Waals surface area contributed by atoms with Crippen molar-refractivity contribution in [3.63, 3.8) is 0 Å². The van der Waals surface area contributed by atoms with Crippen molar-refractivity contribution in [1.82, 2.24) is 5.32 Å². The second-order valence-electron chi connectivity index (χ2n) is 4.75. The Hall–Kier alpha value is -1.62. The molecule has 0 heterocycles. The van der Waals surface area contributed by atoms with E-state index in [1.54, 1.807) is 0 Å². The van der Waals surface area contributed by atoms with Gasteiger partial charge in [0.15, 0.2) is 6.61 Å². The third-order valence-electron chi connectivity index (χ3n) is 3.21. The topological polar surface area (TPSA) is 55.4 Å². The molecular weight excluding hydrogens is 285 g/mol. The largest absolute Gasteiger partial charge is 0.452 e. The summed E-state index contributed by atoms with van der Waals surface area (Å²) in [6.07, 6.45) is 4.14. The van der Waals surface area contributed by atoms with Crippen LogP contribution in [0.4, 0.5) is 4.39 Å². The molecule has 4 nitrogen and oxygen atoms in total. The van der Waals surface area contributed by atoms with Crippen LogP contribution in [0, 0.1) is 5.82 Å². The Morgan fingerprint density at radius 3 is 2.70 bits per heavy atom. The average molecular weight is 300 g/mol. The third-order valence-corrected chi connectivity index (χ3v) is 3.52. The standard InChI is InChI=1S/C14H15ClFNO3/c15-12-7-9(16)5-6-11(12)14(19)20-8-13(18)17-10-3-1-2-4-10/h5-7,10H,1-4,8H2,(H,17,18). The van der Waals surface area contributed by atoms with Gasteiger partial charge in [0.25, 0.3) is 5.91 Å². The lowest BCUT2D eigenvalue weighted by Gasteiger charge is -2.12. The maximum Gasteiger partial charge on any atom is 0.340 e. The monoisotopic (exact) mass is 299 g/mol. The Labute approximate surface area is 121 Å². The fraction of sp³-hybridized carbons (Fsp3) is 0.429. The average Bonchev–Trinajstić information content (AvgIpc) is 2.89. The van der Waals surface area contributed by atoms with Crippen molar-refractivity contribution in [3.8, 4) is 0 Å². The Morgan fingerprint density at radius 1 is 1.35 bits per heavy atom. The molecule has 1 amide bonds. The third kappa shape index (κ3) is 3.93. The number of nitrogens with one attached hydrogen (secondary N) is 1. The van der Waals surface area contributed by atoms with Gasteiger partial charge in [0, 0.05) is 6.04 Å². The highest BCUT2D eigenvalue weighted by Crippen LogP contribution is 2.19. The molecule has 0 atom stereocenters. The molecule has 1 aromatic carbocycles. The molecule has 0 unspecified atom stereocenters. The van der Waals surface area contributed by atoms with Crippen LogP contribution < -0.4 is 5.32 Å². The fourth-order valence-electron chi connectivity index (χ4n) is 2.20. The molecule has 1 saturated carbocycles. The first-order valence-corrected chi connectivity index (χ1v) is 6.85. The van der Waals surface area contributed by atoms with E-state index in [0.29, 0.717) is 0 Å². The predicted octanol–water partition coefficient (Wildman–Crippen LogP) is 2.69. The lowest BCUT2D eigenvalue weighted by Crippen LogP contribution is -2.35. The van der Waals surface area contributed by atoms with Gasteiger partial charge in [-0.05, 0) is 31.0 Å². The number of rotatable bonds is 4. The van der Waals surface area contributed by atoms with Gasteiger partial charge in [-0.25, -0.2) is 9.18 Å². The van der Waals surface area contributed by atoms with Crippen molar-refractivity contribution >= 4 is 23.5 Å². The highest BCUT2D eigenvalue weighted by atomic mass is 35.5. The Kier molecular flexibility index (Phi) is 4.95. The molecule has 0 bridgehead atoms. The summed E-state index contributed by atoms with van der Waals surface area (Å²) in [6, 6.07) is 3.54. The van der Waals surface area contributed by atoms with Gasteiger partial charge >= 0.3 is 5.97 Å². The van der Waals surface area contributed by atoms with Crippen molar-refractivity contribution in [2.45, 2.75) is 31.7 Å². The van der Waals surface area contributed by atoms with Crippen molar-refractivity contribution < 1.29 is 18.7 Å². The number of amides is 1. The van der Waals surface area contributed by atoms with Crippen LogP contribution >= 0.6 is 11.6 Å². The second kappa shape index (κ2) is 6.70. The first-order chi connectivity index (χ1) is 9.56. The quantitative estimate of drug-likeness (QED) is 0.870. The van der Waals surface area contributed by atoms with Crippen LogP contribution in [0.3, 0.4) is 0 Å². The molecule has 0 aromatic heterocycles. The smallest absolute Gasteiger partial charge is 0.340 e. The van der Waals surface area contributed by atoms with E-state index in [1.165, 1.54) is 6.07 Å². The summed E-state index contributed by atoms with van der Waals surface area (Å²) in [5.41, 5.74) is 0.0433. The lowest BCUT2D eigenvalue weighted by atomic mass is 10.2. The van der Waals surface area contributed by atoms with E-state index in [9.17, 15) is 14.0 Å². The van der Waals surface area contributed by atoms with Gasteiger partial charge in [0.2, 0.25) is 0 Å². The molecule has 2 rings (SSSR count). The summed E-state index contributed by atoms with van der Waals surface area (Å²) in [5, 5.41) is 2.76. The van der Waals surface area contributed by atoms with E-state index >= 15 is 0 Å². The molecule has 1 N–H and O–H groups in total. The summed E-state index contributed by atoms with van der Waals surface area (Å²) in [7, 11) is 0. The minimum atomic E-state index is -0.739. The van der Waals surface area contributed by atoms with Crippen LogP contribution in [0.25, 0.3) is 0 Å². The first kappa shape index (κ1) is 14.8. The number of carbonyl (C=O) groups excluding carboxylic acids is 2. The number of hydrogen-bond donors (Lipinski definition) is 1. The Balaban J connectivity index is 1.83. The highest BCUT2D eigenvalue weighted by molar-refractivity contribution is 6.33. The Bertz CT molecular complexity index is 515. The molecule has 0 spiro atoms. The highest BCUT2D eigenvalue weighted by Gasteiger charge is 2.19. The van der Waals surface area contributed by atoms with Crippen LogP contribution in [0.1, 0.15) is 36.0 Å². The number of ether oxygens (including phenoxy) is 1. The van der Waals surface area contributed by atoms with Crippen LogP contribution in [-0.2, 0) is 9.53 Å². The van der Waals surface area contributed by atoms with Crippen LogP contribution in [0.5, 0.6) is 0 Å². The Morgan fingerprint density at radius 2 is 2.05 bits per heavy atom. The molecule has 1 aliphatic carbocycles. The van der Waals surface area contributed by atoms with Crippen LogP contribution in [0.2, 0.25) is 5.02 Å². The predicted molar refractivity (Wildman–Crippen MR) is 72.1 cm³/mol. The lowest BCUT2D eigenvalue weighted by molar-refractivity contribution is -0.124. The van der Waals surface area contributed by atoms with E-state index in [4.69, 9.17) is 16.3 Å². The maximum absolute atomic E-state index is 12.9. The number of benzene rings is 1. The second-order valence-corrected chi connectivity index (χ2v) is 5.16. The van der Waals surface area contributed by atoms with E-state index in [0.717, 1.165) is 37.8 Å². The zero-order valence-corrected chi connectivity index (χ0v) is 11.6. The number of hydrogen-bond acceptors (Lipinski definition) is 3. The molecule has 1 fully saturated rings. The minimum absolute atomic E-state index is 0.0359. The summed E-state index contributed by atoms with van der Waals surface area (Å²) < 4.78 is 17.7. The minimum Gasteiger partial charge on any atom is -0.452 e. The van der Waals surface area contributed by atoms with Gasteiger partial charge in [-0.1, -0.05) is 24.4 Å². The summed E-state index contributed by atoms with van der Waals surface area (Å²) in [5.74, 6) is -1.61. The molecule has 1 aromatic rings. The van der Waals surface area contributed by atoms with E-state index in [-0.39, 0.29) is 29.1 Å². The molecule has 108 valence electrons. The summed E-state index contributed by atoms with van der Waals surface area (Å²) in [6.45, 7) is -0.358. The fourth-order valence-corrected chi connectivity index (χ4v) is 2.45. The van der Waals surface area contributed by atoms with Gasteiger partial charge in [-0.3, -0.25) is 4.79 Å². The van der Waals surface area contributed by atoms with Gasteiger partial charge in [0.1, 0.15) is 5.82 Å². The van der Waals surface area contributed by atoms with Crippen molar-refractivity contribution in [2.75, 3.05) is 6.61 Å². The maximum atomic E-state index is 12.9. The molecular formula is C14H15ClFNO3. The zero-order chi connectivity index (χ0) is 14.5. The number of carbonyl (C=O) groups is 2. The first-order valence-electron chi connectivity index (χ1n) is 6.48. The SMILES string of the molecule is O=C(COC(=O)c1ccc(F)cc1Cl)NC1CCCC1. The number of halogens is 2. The molecule has 0 saturated heterocycles. The zero-order valence-electron chi connectivity index (χ0n) is 10.8. The summed E-state index contributed by atoms with van der Waals surface area (Å²) >= 11 is 5.74. The molecule has 1 aliphatic rings. The molecule has 20 heavy (non-hydrogen) atoms. The summed E-state index contributed by atoms with van der Waals surface area (Å²) in [4.78, 5) is 23.3. The van der Waals surface area contributed by atoms with Crippen LogP contribution in [-0.4, -0.2) is 24.5 Å². The van der Waals surface area contributed by atoms with E-state index < -0.39 is 11.8 Å². The van der Waals surface area contributed by atoms with Gasteiger partial charge in [-0.15, -0.1) is 0 Å². The van der Waals surface area contributed by atoms with Crippen LogP contribution in [0.15, 0.2) is 18.2 Å². The van der Waals surface area contributed by atoms with Crippen molar-refractivity contribution in [3.05, 3.63) is 34.6 Å². The number of esters is 1. The van der Waals surface area contributed by atoms with Crippen molar-refractivity contribution in [1.29, 1.82) is 0 Å². The molecule has 0 radical (unpaired) electrons. The van der Waals surface area contributed by atoms with Gasteiger partial charge < -0.3 is 10.1 Å². The van der Waals surface area contributed by atoms with E-state index in [2.05, 4.69) is 5.32 Å². The molecule has 0 aliphatic heterocycles. The van der Waals surface area contributed by atoms with E-state index in [1.807, 2.05) is 0 Å². The van der Waals surface area contributed by atoms with Gasteiger partial charge in [-0.2, -0.15) is 0 Å². The normalized spacial score (nSPS) is 15.1.